The van der Waals surface area contributed by atoms with Crippen LogP contribution in [0.2, 0.25) is 0 Å². The molecule has 1 amide bonds. The number of benzene rings is 1. The number of piperidine rings is 3. The van der Waals surface area contributed by atoms with Crippen molar-refractivity contribution >= 4 is 6.09 Å². The summed E-state index contributed by atoms with van der Waals surface area (Å²) in [6.07, 6.45) is 8.82. The third-order valence-corrected chi connectivity index (χ3v) is 7.18. The van der Waals surface area contributed by atoms with Crippen LogP contribution in [0.4, 0.5) is 4.79 Å². The first kappa shape index (κ1) is 18.0. The Labute approximate surface area is 167 Å². The monoisotopic (exact) mass is 378 g/mol. The van der Waals surface area contributed by atoms with Crippen LogP contribution in [0.5, 0.6) is 0 Å². The van der Waals surface area contributed by atoms with Gasteiger partial charge in [-0.2, -0.15) is 0 Å². The second kappa shape index (κ2) is 7.40. The summed E-state index contributed by atoms with van der Waals surface area (Å²) in [5.41, 5.74) is 4.00. The number of ether oxygens (including phenoxy) is 1. The number of hydrogen-bond donors (Lipinski definition) is 0. The molecular formula is C24H30N2O2. The average Bonchev–Trinajstić information content (AvgIpc) is 2.74. The normalized spacial score (nSPS) is 34.3. The minimum absolute atomic E-state index is 0.0301. The number of hydrogen-bond acceptors (Lipinski definition) is 3. The van der Waals surface area contributed by atoms with E-state index in [0.717, 1.165) is 51.9 Å². The molecule has 1 aliphatic carbocycles. The molecule has 4 heteroatoms. The molecule has 1 unspecified atom stereocenters. The third-order valence-electron chi connectivity index (χ3n) is 7.18. The Morgan fingerprint density at radius 2 is 1.89 bits per heavy atom. The van der Waals surface area contributed by atoms with Crippen LogP contribution in [-0.2, 0) is 4.74 Å². The Balaban J connectivity index is 1.43. The highest BCUT2D eigenvalue weighted by atomic mass is 16.6. The number of carbonyl (C=O) groups is 1. The fourth-order valence-electron chi connectivity index (χ4n) is 5.56. The van der Waals surface area contributed by atoms with Gasteiger partial charge in [-0.3, -0.25) is 9.80 Å². The van der Waals surface area contributed by atoms with Gasteiger partial charge in [-0.15, -0.1) is 0 Å². The van der Waals surface area contributed by atoms with Gasteiger partial charge in [0, 0.05) is 13.1 Å². The van der Waals surface area contributed by atoms with Crippen molar-refractivity contribution in [2.45, 2.75) is 44.8 Å². The molecule has 0 N–H and O–H groups in total. The maximum absolute atomic E-state index is 13.3. The van der Waals surface area contributed by atoms with E-state index < -0.39 is 0 Å². The zero-order valence-electron chi connectivity index (χ0n) is 16.7. The van der Waals surface area contributed by atoms with Crippen LogP contribution in [0.15, 0.2) is 53.6 Å². The minimum Gasteiger partial charge on any atom is -0.444 e. The van der Waals surface area contributed by atoms with Crippen molar-refractivity contribution in [3.8, 4) is 0 Å². The summed E-state index contributed by atoms with van der Waals surface area (Å²) < 4.78 is 6.12. The topological polar surface area (TPSA) is 32.8 Å². The van der Waals surface area contributed by atoms with Crippen LogP contribution < -0.4 is 0 Å². The zero-order chi connectivity index (χ0) is 19.1. The number of allylic oxidation sites excluding steroid dienone is 1. The SMILES string of the molecule is CC1CC=CC2=C1CCN(C(=O)O[C@H]1CN3CCC1CC3)[C@H]2c1ccccc1. The summed E-state index contributed by atoms with van der Waals surface area (Å²) in [6, 6.07) is 10.4. The lowest BCUT2D eigenvalue weighted by Crippen LogP contribution is -2.53. The maximum Gasteiger partial charge on any atom is 0.410 e. The standard InChI is InChI=1S/C24H30N2O2/c1-17-6-5-9-21-20(17)12-15-26(23(21)19-7-3-2-4-8-19)24(27)28-22-16-25-13-10-18(22)11-14-25/h2-5,7-9,17-18,22-23H,6,10-16H2,1H3/t17?,22-,23-/m0/s1. The Hall–Kier alpha value is -2.07. The van der Waals surface area contributed by atoms with Crippen molar-refractivity contribution in [2.75, 3.05) is 26.2 Å². The molecule has 3 saturated heterocycles. The van der Waals surface area contributed by atoms with E-state index >= 15 is 0 Å². The van der Waals surface area contributed by atoms with Crippen molar-refractivity contribution in [1.29, 1.82) is 0 Å². The molecule has 0 saturated carbocycles. The van der Waals surface area contributed by atoms with Crippen molar-refractivity contribution in [2.24, 2.45) is 11.8 Å². The van der Waals surface area contributed by atoms with Gasteiger partial charge in [-0.05, 0) is 61.7 Å². The van der Waals surface area contributed by atoms with Gasteiger partial charge in [-0.25, -0.2) is 4.79 Å². The second-order valence-corrected chi connectivity index (χ2v) is 8.84. The Morgan fingerprint density at radius 3 is 2.61 bits per heavy atom. The van der Waals surface area contributed by atoms with Crippen LogP contribution in [0.3, 0.4) is 0 Å². The number of carbonyl (C=O) groups excluding carboxylic acids is 1. The first-order valence-electron chi connectivity index (χ1n) is 10.8. The molecule has 4 nitrogen and oxygen atoms in total. The van der Waals surface area contributed by atoms with E-state index in [9.17, 15) is 4.79 Å². The van der Waals surface area contributed by atoms with Crippen molar-refractivity contribution in [3.05, 3.63) is 59.2 Å². The van der Waals surface area contributed by atoms with E-state index in [2.05, 4.69) is 48.2 Å². The number of nitrogens with zero attached hydrogens (tertiary/aromatic N) is 2. The third kappa shape index (κ3) is 3.18. The molecule has 2 bridgehead atoms. The van der Waals surface area contributed by atoms with E-state index in [4.69, 9.17) is 4.74 Å². The maximum atomic E-state index is 13.3. The van der Waals surface area contributed by atoms with Gasteiger partial charge in [-0.1, -0.05) is 55.0 Å². The molecule has 4 aliphatic heterocycles. The highest BCUT2D eigenvalue weighted by Crippen LogP contribution is 2.42. The summed E-state index contributed by atoms with van der Waals surface area (Å²) in [5.74, 6) is 1.10. The highest BCUT2D eigenvalue weighted by molar-refractivity contribution is 5.70. The van der Waals surface area contributed by atoms with Crippen molar-refractivity contribution in [1.82, 2.24) is 9.80 Å². The Bertz CT molecular complexity index is 792. The number of fused-ring (bicyclic) bond motifs is 3. The van der Waals surface area contributed by atoms with Crippen LogP contribution in [0, 0.1) is 11.8 Å². The van der Waals surface area contributed by atoms with Gasteiger partial charge in [0.2, 0.25) is 0 Å². The van der Waals surface area contributed by atoms with Gasteiger partial charge in [0.25, 0.3) is 0 Å². The van der Waals surface area contributed by atoms with Gasteiger partial charge in [0.05, 0.1) is 6.04 Å². The summed E-state index contributed by atoms with van der Waals surface area (Å²) in [4.78, 5) is 17.7. The molecule has 0 spiro atoms. The van der Waals surface area contributed by atoms with Crippen LogP contribution in [0.25, 0.3) is 0 Å². The van der Waals surface area contributed by atoms with Gasteiger partial charge < -0.3 is 4.74 Å². The molecular weight excluding hydrogens is 348 g/mol. The number of rotatable bonds is 2. The van der Waals surface area contributed by atoms with Crippen LogP contribution in [-0.4, -0.2) is 48.2 Å². The lowest BCUT2D eigenvalue weighted by Gasteiger charge is -2.45. The lowest BCUT2D eigenvalue weighted by molar-refractivity contribution is -0.0463. The predicted octanol–water partition coefficient (Wildman–Crippen LogP) is 4.56. The summed E-state index contributed by atoms with van der Waals surface area (Å²) >= 11 is 0. The minimum atomic E-state index is -0.134. The molecule has 6 rings (SSSR count). The zero-order valence-corrected chi connectivity index (χ0v) is 16.7. The molecule has 1 aromatic carbocycles. The summed E-state index contributed by atoms with van der Waals surface area (Å²) in [6.45, 7) is 6.28. The molecule has 3 fully saturated rings. The first-order chi connectivity index (χ1) is 13.7. The van der Waals surface area contributed by atoms with Crippen molar-refractivity contribution < 1.29 is 9.53 Å². The lowest BCUT2D eigenvalue weighted by atomic mass is 9.79. The molecule has 0 aromatic heterocycles. The fourth-order valence-corrected chi connectivity index (χ4v) is 5.56. The smallest absolute Gasteiger partial charge is 0.410 e. The van der Waals surface area contributed by atoms with E-state index in [1.54, 1.807) is 0 Å². The Kier molecular flexibility index (Phi) is 4.75. The molecule has 148 valence electrons. The van der Waals surface area contributed by atoms with E-state index in [-0.39, 0.29) is 18.2 Å². The van der Waals surface area contributed by atoms with E-state index in [1.165, 1.54) is 16.7 Å². The number of amides is 1. The Morgan fingerprint density at radius 1 is 1.11 bits per heavy atom. The van der Waals surface area contributed by atoms with Gasteiger partial charge >= 0.3 is 6.09 Å². The van der Waals surface area contributed by atoms with Crippen molar-refractivity contribution in [3.63, 3.8) is 0 Å². The molecule has 28 heavy (non-hydrogen) atoms. The summed E-state index contributed by atoms with van der Waals surface area (Å²) in [5, 5.41) is 0. The van der Waals surface area contributed by atoms with E-state index in [0.29, 0.717) is 11.8 Å². The largest absolute Gasteiger partial charge is 0.444 e. The first-order valence-corrected chi connectivity index (χ1v) is 10.8. The van der Waals surface area contributed by atoms with Crippen LogP contribution >= 0.6 is 0 Å². The fraction of sp³-hybridized carbons (Fsp3) is 0.542. The molecule has 5 aliphatic rings. The van der Waals surface area contributed by atoms with Crippen LogP contribution in [0.1, 0.15) is 44.2 Å². The van der Waals surface area contributed by atoms with Gasteiger partial charge in [0.1, 0.15) is 6.10 Å². The molecule has 1 aromatic rings. The van der Waals surface area contributed by atoms with Gasteiger partial charge in [0.15, 0.2) is 0 Å². The molecule has 0 radical (unpaired) electrons. The molecule has 3 atom stereocenters. The molecule has 4 heterocycles. The van der Waals surface area contributed by atoms with E-state index in [1.807, 2.05) is 11.0 Å². The predicted molar refractivity (Wildman–Crippen MR) is 110 cm³/mol. The highest BCUT2D eigenvalue weighted by Gasteiger charge is 2.40. The quantitative estimate of drug-likeness (QED) is 0.756. The second-order valence-electron chi connectivity index (χ2n) is 8.84. The average molecular weight is 379 g/mol. The summed E-state index contributed by atoms with van der Waals surface area (Å²) in [7, 11) is 0.